The van der Waals surface area contributed by atoms with Crippen LogP contribution in [-0.4, -0.2) is 44.7 Å². The summed E-state index contributed by atoms with van der Waals surface area (Å²) in [6, 6.07) is 10.3. The van der Waals surface area contributed by atoms with Gasteiger partial charge >= 0.3 is 6.18 Å². The smallest absolute Gasteiger partial charge is 0.419 e. The Hall–Kier alpha value is -4.27. The number of hydrogen-bond donors (Lipinski definition) is 0. The maximum absolute atomic E-state index is 14.0. The summed E-state index contributed by atoms with van der Waals surface area (Å²) in [6.45, 7) is 1.62. The van der Waals surface area contributed by atoms with E-state index in [1.165, 1.54) is 29.1 Å². The van der Waals surface area contributed by atoms with E-state index < -0.39 is 11.7 Å². The first-order valence-corrected chi connectivity index (χ1v) is 12.0. The number of fused-ring (bicyclic) bond motifs is 1. The van der Waals surface area contributed by atoms with Crippen LogP contribution in [0.3, 0.4) is 0 Å². The van der Waals surface area contributed by atoms with Crippen molar-refractivity contribution >= 4 is 16.9 Å². The topological polar surface area (TPSA) is 92.8 Å². The van der Waals surface area contributed by atoms with Crippen LogP contribution in [-0.2, 0) is 13.2 Å². The number of nitriles is 1. The average Bonchev–Trinajstić information content (AvgIpc) is 3.29. The second-order valence-corrected chi connectivity index (χ2v) is 9.16. The molecule has 0 N–H and O–H groups in total. The number of halogens is 4. The predicted molar refractivity (Wildman–Crippen MR) is 131 cm³/mol. The van der Waals surface area contributed by atoms with E-state index in [2.05, 4.69) is 25.2 Å². The van der Waals surface area contributed by atoms with Crippen molar-refractivity contribution in [2.75, 3.05) is 24.6 Å². The van der Waals surface area contributed by atoms with Crippen molar-refractivity contribution in [1.29, 1.82) is 5.26 Å². The lowest BCUT2D eigenvalue weighted by molar-refractivity contribution is -0.138. The van der Waals surface area contributed by atoms with Crippen molar-refractivity contribution in [3.8, 4) is 23.1 Å². The van der Waals surface area contributed by atoms with Gasteiger partial charge in [0, 0.05) is 25.7 Å². The van der Waals surface area contributed by atoms with Crippen LogP contribution in [0.1, 0.15) is 30.5 Å². The van der Waals surface area contributed by atoms with Crippen molar-refractivity contribution in [2.45, 2.75) is 25.4 Å². The van der Waals surface area contributed by atoms with E-state index >= 15 is 0 Å². The summed E-state index contributed by atoms with van der Waals surface area (Å²) in [6.07, 6.45) is -1.17. The molecule has 0 bridgehead atoms. The number of alkyl halides is 3. The van der Waals surface area contributed by atoms with Gasteiger partial charge in [-0.3, -0.25) is 0 Å². The molecule has 1 aromatic carbocycles. The molecule has 8 nitrogen and oxygen atoms in total. The standard InChI is InChI=1S/C26H23F4N7O/c1-36-22-13-20(33-21(14-31)25(22)34-35-36)17-2-4-23(19(12-17)26(28,29)30)38-11-8-16-6-9-37(10-7-16)24-5-3-18(27)15-32-24/h2-5,12-13,15-16H,6-11H2,1H3. The minimum atomic E-state index is -4.64. The third-order valence-electron chi connectivity index (χ3n) is 6.72. The molecule has 4 heterocycles. The molecule has 12 heteroatoms. The molecule has 3 aromatic heterocycles. The van der Waals surface area contributed by atoms with Crippen molar-refractivity contribution in [3.05, 3.63) is 59.7 Å². The fourth-order valence-electron chi connectivity index (χ4n) is 4.63. The van der Waals surface area contributed by atoms with Gasteiger partial charge in [0.25, 0.3) is 0 Å². The molecular weight excluding hydrogens is 502 g/mol. The predicted octanol–water partition coefficient (Wildman–Crippen LogP) is 5.14. The number of aromatic nitrogens is 5. The summed E-state index contributed by atoms with van der Waals surface area (Å²) >= 11 is 0. The molecule has 0 amide bonds. The van der Waals surface area contributed by atoms with Gasteiger partial charge in [-0.1, -0.05) is 5.21 Å². The first kappa shape index (κ1) is 25.4. The average molecular weight is 526 g/mol. The fourth-order valence-corrected chi connectivity index (χ4v) is 4.63. The number of ether oxygens (including phenoxy) is 1. The lowest BCUT2D eigenvalue weighted by Crippen LogP contribution is -2.34. The maximum atomic E-state index is 14.0. The first-order chi connectivity index (χ1) is 18.2. The zero-order valence-electron chi connectivity index (χ0n) is 20.4. The van der Waals surface area contributed by atoms with E-state index in [1.807, 2.05) is 6.07 Å². The van der Waals surface area contributed by atoms with Gasteiger partial charge in [0.15, 0.2) is 5.69 Å². The van der Waals surface area contributed by atoms with Gasteiger partial charge in [-0.25, -0.2) is 19.0 Å². The molecule has 0 unspecified atom stereocenters. The fraction of sp³-hybridized carbons (Fsp3) is 0.346. The van der Waals surface area contributed by atoms with Gasteiger partial charge < -0.3 is 9.64 Å². The Kier molecular flexibility index (Phi) is 6.84. The largest absolute Gasteiger partial charge is 0.493 e. The van der Waals surface area contributed by atoms with Crippen LogP contribution in [0, 0.1) is 23.1 Å². The number of rotatable bonds is 6. The highest BCUT2D eigenvalue weighted by molar-refractivity contribution is 5.83. The molecule has 0 atom stereocenters. The van der Waals surface area contributed by atoms with E-state index in [0.29, 0.717) is 23.7 Å². The number of piperidine rings is 1. The quantitative estimate of drug-likeness (QED) is 0.322. The van der Waals surface area contributed by atoms with Crippen molar-refractivity contribution < 1.29 is 22.3 Å². The van der Waals surface area contributed by atoms with Gasteiger partial charge in [0.05, 0.1) is 29.6 Å². The third kappa shape index (κ3) is 5.22. The van der Waals surface area contributed by atoms with E-state index in [4.69, 9.17) is 4.74 Å². The van der Waals surface area contributed by atoms with Gasteiger partial charge in [0.2, 0.25) is 0 Å². The molecule has 1 fully saturated rings. The Labute approximate surface area is 215 Å². The van der Waals surface area contributed by atoms with Crippen LogP contribution in [0.25, 0.3) is 22.3 Å². The number of pyridine rings is 2. The number of aryl methyl sites for hydroxylation is 1. The molecule has 5 rings (SSSR count). The van der Waals surface area contributed by atoms with Crippen molar-refractivity contribution in [1.82, 2.24) is 25.0 Å². The van der Waals surface area contributed by atoms with Crippen LogP contribution >= 0.6 is 0 Å². The Morgan fingerprint density at radius 1 is 1.13 bits per heavy atom. The van der Waals surface area contributed by atoms with Gasteiger partial charge in [-0.2, -0.15) is 18.4 Å². The molecule has 196 valence electrons. The molecule has 38 heavy (non-hydrogen) atoms. The zero-order valence-corrected chi connectivity index (χ0v) is 20.4. The van der Waals surface area contributed by atoms with Crippen molar-refractivity contribution in [2.24, 2.45) is 13.0 Å². The Morgan fingerprint density at radius 2 is 1.92 bits per heavy atom. The van der Waals surface area contributed by atoms with E-state index in [-0.39, 0.29) is 40.6 Å². The van der Waals surface area contributed by atoms with Crippen LogP contribution in [0.5, 0.6) is 5.75 Å². The van der Waals surface area contributed by atoms with E-state index in [1.54, 1.807) is 19.2 Å². The molecule has 0 saturated carbocycles. The lowest BCUT2D eigenvalue weighted by Gasteiger charge is -2.32. The summed E-state index contributed by atoms with van der Waals surface area (Å²) in [5.41, 5.74) is 0.262. The summed E-state index contributed by atoms with van der Waals surface area (Å²) in [4.78, 5) is 10.4. The highest BCUT2D eigenvalue weighted by Gasteiger charge is 2.35. The molecule has 0 aliphatic carbocycles. The number of benzene rings is 1. The molecule has 1 aliphatic heterocycles. The summed E-state index contributed by atoms with van der Waals surface area (Å²) in [5, 5.41) is 17.2. The molecule has 1 saturated heterocycles. The SMILES string of the molecule is Cn1nnc2c(C#N)nc(-c3ccc(OCCC4CCN(c5ccc(F)cn5)CC4)c(C(F)(F)F)c3)cc21. The van der Waals surface area contributed by atoms with Crippen LogP contribution in [0.4, 0.5) is 23.4 Å². The first-order valence-electron chi connectivity index (χ1n) is 12.0. The highest BCUT2D eigenvalue weighted by Crippen LogP contribution is 2.39. The van der Waals surface area contributed by atoms with Crippen LogP contribution < -0.4 is 9.64 Å². The van der Waals surface area contributed by atoms with E-state index in [0.717, 1.165) is 32.0 Å². The second kappa shape index (κ2) is 10.2. The second-order valence-electron chi connectivity index (χ2n) is 9.16. The zero-order chi connectivity index (χ0) is 26.9. The van der Waals surface area contributed by atoms with Gasteiger partial charge in [0.1, 0.15) is 29.0 Å². The molecule has 0 spiro atoms. The molecule has 1 aliphatic rings. The number of nitrogens with zero attached hydrogens (tertiary/aromatic N) is 7. The Bertz CT molecular complexity index is 1490. The molecule has 4 aromatic rings. The van der Waals surface area contributed by atoms with Crippen molar-refractivity contribution in [3.63, 3.8) is 0 Å². The minimum absolute atomic E-state index is 0.0132. The lowest BCUT2D eigenvalue weighted by atomic mass is 9.94. The van der Waals surface area contributed by atoms with Gasteiger partial charge in [-0.15, -0.1) is 5.10 Å². The van der Waals surface area contributed by atoms with Crippen LogP contribution in [0.15, 0.2) is 42.6 Å². The normalized spacial score (nSPS) is 14.6. The van der Waals surface area contributed by atoms with E-state index in [9.17, 15) is 22.8 Å². The monoisotopic (exact) mass is 525 g/mol. The highest BCUT2D eigenvalue weighted by atomic mass is 19.4. The summed E-state index contributed by atoms with van der Waals surface area (Å²) in [7, 11) is 1.63. The molecule has 0 radical (unpaired) electrons. The third-order valence-corrected chi connectivity index (χ3v) is 6.72. The van der Waals surface area contributed by atoms with Gasteiger partial charge in [-0.05, 0) is 61.6 Å². The minimum Gasteiger partial charge on any atom is -0.493 e. The Balaban J connectivity index is 1.27. The maximum Gasteiger partial charge on any atom is 0.419 e. The number of anilines is 1. The summed E-state index contributed by atoms with van der Waals surface area (Å²) < 4.78 is 62.0. The number of hydrogen-bond acceptors (Lipinski definition) is 7. The van der Waals surface area contributed by atoms with Crippen LogP contribution in [0.2, 0.25) is 0 Å². The molecular formula is C26H23F4N7O. The Morgan fingerprint density at radius 3 is 2.61 bits per heavy atom. The summed E-state index contributed by atoms with van der Waals surface area (Å²) in [5.74, 6) is 0.374.